The van der Waals surface area contributed by atoms with Crippen LogP contribution >= 0.6 is 11.8 Å². The van der Waals surface area contributed by atoms with Crippen LogP contribution in [0.2, 0.25) is 0 Å². The van der Waals surface area contributed by atoms with E-state index in [4.69, 9.17) is 0 Å². The first-order valence-corrected chi connectivity index (χ1v) is 12.5. The van der Waals surface area contributed by atoms with E-state index in [0.29, 0.717) is 11.3 Å². The van der Waals surface area contributed by atoms with Gasteiger partial charge in [0.15, 0.2) is 9.84 Å². The number of hydrogen-bond donors (Lipinski definition) is 2. The average molecular weight is 470 g/mol. The Morgan fingerprint density at radius 2 is 1.56 bits per heavy atom. The van der Waals surface area contributed by atoms with Crippen LogP contribution in [0.5, 0.6) is 0 Å². The summed E-state index contributed by atoms with van der Waals surface area (Å²) < 4.78 is 25.6. The van der Waals surface area contributed by atoms with E-state index in [1.165, 1.54) is 36.0 Å². The highest BCUT2D eigenvalue weighted by Gasteiger charge is 2.27. The van der Waals surface area contributed by atoms with Gasteiger partial charge in [-0.05, 0) is 55.5 Å². The van der Waals surface area contributed by atoms with Gasteiger partial charge < -0.3 is 10.4 Å². The largest absolute Gasteiger partial charge is 0.481 e. The summed E-state index contributed by atoms with van der Waals surface area (Å²) in [5.41, 5.74) is 1.98. The third kappa shape index (κ3) is 6.45. The number of aliphatic carboxylic acids is 1. The number of aryl methyl sites for hydroxylation is 1. The van der Waals surface area contributed by atoms with Crippen LogP contribution in [-0.4, -0.2) is 36.9 Å². The van der Waals surface area contributed by atoms with Crippen LogP contribution in [-0.2, 0) is 14.6 Å². The van der Waals surface area contributed by atoms with Gasteiger partial charge in [0.25, 0.3) is 5.91 Å². The molecule has 0 spiro atoms. The molecule has 0 fully saturated rings. The topological polar surface area (TPSA) is 101 Å². The lowest BCUT2D eigenvalue weighted by Gasteiger charge is -2.13. The number of benzene rings is 3. The number of sulfone groups is 1. The summed E-state index contributed by atoms with van der Waals surface area (Å²) in [6.07, 6.45) is 0. The predicted molar refractivity (Wildman–Crippen MR) is 126 cm³/mol. The molecule has 8 heteroatoms. The minimum absolute atomic E-state index is 0.0156. The molecule has 0 bridgehead atoms. The third-order valence-electron chi connectivity index (χ3n) is 4.75. The second-order valence-electron chi connectivity index (χ2n) is 7.29. The number of carboxylic acids is 1. The first-order valence-electron chi connectivity index (χ1n) is 9.86. The summed E-state index contributed by atoms with van der Waals surface area (Å²) in [6.45, 7) is 1.93. The first kappa shape index (κ1) is 23.6. The van der Waals surface area contributed by atoms with Crippen molar-refractivity contribution in [3.05, 3.63) is 90.0 Å². The standard InChI is InChI=1S/C24H23NO5S2/c1-17-7-9-18(10-8-17)23(26)25-20-11-13-22(14-12-20)32(29,30)16-19(24(27)28)15-31-21-5-3-2-4-6-21/h2-14,19H,15-16H2,1H3,(H,25,26)(H,27,28). The summed E-state index contributed by atoms with van der Waals surface area (Å²) in [5.74, 6) is -2.87. The Kier molecular flexibility index (Phi) is 7.71. The van der Waals surface area contributed by atoms with Gasteiger partial charge >= 0.3 is 5.97 Å². The van der Waals surface area contributed by atoms with Gasteiger partial charge in [-0.1, -0.05) is 35.9 Å². The summed E-state index contributed by atoms with van der Waals surface area (Å²) in [4.78, 5) is 24.9. The maximum absolute atomic E-state index is 12.8. The minimum atomic E-state index is -3.82. The molecule has 0 heterocycles. The highest BCUT2D eigenvalue weighted by atomic mass is 32.2. The van der Waals surface area contributed by atoms with Crippen LogP contribution in [0.15, 0.2) is 88.7 Å². The van der Waals surface area contributed by atoms with Crippen molar-refractivity contribution in [1.82, 2.24) is 0 Å². The lowest BCUT2D eigenvalue weighted by atomic mass is 10.1. The van der Waals surface area contributed by atoms with Gasteiger partial charge in [0.1, 0.15) is 0 Å². The number of carboxylic acid groups (broad SMARTS) is 1. The van der Waals surface area contributed by atoms with Crippen molar-refractivity contribution in [2.24, 2.45) is 5.92 Å². The Hall–Kier alpha value is -3.10. The van der Waals surface area contributed by atoms with Crippen LogP contribution in [0, 0.1) is 12.8 Å². The molecule has 166 valence electrons. The first-order chi connectivity index (χ1) is 15.2. The van der Waals surface area contributed by atoms with Crippen molar-refractivity contribution in [2.45, 2.75) is 16.7 Å². The molecule has 6 nitrogen and oxygen atoms in total. The summed E-state index contributed by atoms with van der Waals surface area (Å²) >= 11 is 1.31. The second-order valence-corrected chi connectivity index (χ2v) is 10.4. The van der Waals surface area contributed by atoms with Gasteiger partial charge in [0.05, 0.1) is 16.6 Å². The van der Waals surface area contributed by atoms with Crippen molar-refractivity contribution < 1.29 is 23.1 Å². The number of anilines is 1. The number of amides is 1. The maximum Gasteiger partial charge on any atom is 0.308 e. The number of carbonyl (C=O) groups is 2. The molecule has 0 saturated carbocycles. The van der Waals surface area contributed by atoms with Crippen LogP contribution in [0.1, 0.15) is 15.9 Å². The van der Waals surface area contributed by atoms with Crippen molar-refractivity contribution in [3.63, 3.8) is 0 Å². The van der Waals surface area contributed by atoms with E-state index in [1.807, 2.05) is 49.4 Å². The zero-order valence-electron chi connectivity index (χ0n) is 17.4. The van der Waals surface area contributed by atoms with E-state index >= 15 is 0 Å². The van der Waals surface area contributed by atoms with E-state index in [9.17, 15) is 23.1 Å². The molecular weight excluding hydrogens is 446 g/mol. The monoisotopic (exact) mass is 469 g/mol. The fourth-order valence-electron chi connectivity index (χ4n) is 2.92. The number of rotatable bonds is 9. The fraction of sp³-hybridized carbons (Fsp3) is 0.167. The molecule has 0 aliphatic rings. The Bertz CT molecular complexity index is 1180. The Labute approximate surface area is 191 Å². The maximum atomic E-state index is 12.8. The Balaban J connectivity index is 1.65. The van der Waals surface area contributed by atoms with Gasteiger partial charge in [0, 0.05) is 21.9 Å². The number of hydrogen-bond acceptors (Lipinski definition) is 5. The summed E-state index contributed by atoms with van der Waals surface area (Å²) in [7, 11) is -3.82. The van der Waals surface area contributed by atoms with Crippen molar-refractivity contribution in [3.8, 4) is 0 Å². The van der Waals surface area contributed by atoms with Gasteiger partial charge in [-0.25, -0.2) is 8.42 Å². The zero-order chi connectivity index (χ0) is 23.1. The zero-order valence-corrected chi connectivity index (χ0v) is 19.0. The van der Waals surface area contributed by atoms with Crippen molar-refractivity contribution in [1.29, 1.82) is 0 Å². The molecule has 0 aliphatic carbocycles. The van der Waals surface area contributed by atoms with E-state index in [2.05, 4.69) is 5.32 Å². The van der Waals surface area contributed by atoms with E-state index in [1.54, 1.807) is 12.1 Å². The van der Waals surface area contributed by atoms with Crippen LogP contribution in [0.3, 0.4) is 0 Å². The molecule has 32 heavy (non-hydrogen) atoms. The molecule has 0 aliphatic heterocycles. The Morgan fingerprint density at radius 1 is 0.938 bits per heavy atom. The minimum Gasteiger partial charge on any atom is -0.481 e. The molecule has 1 unspecified atom stereocenters. The van der Waals surface area contributed by atoms with E-state index < -0.39 is 27.5 Å². The SMILES string of the molecule is Cc1ccc(C(=O)Nc2ccc(S(=O)(=O)CC(CSc3ccccc3)C(=O)O)cc2)cc1. The smallest absolute Gasteiger partial charge is 0.308 e. The number of thioether (sulfide) groups is 1. The number of carbonyl (C=O) groups excluding carboxylic acids is 1. The van der Waals surface area contributed by atoms with E-state index in [0.717, 1.165) is 10.5 Å². The molecular formula is C24H23NO5S2. The van der Waals surface area contributed by atoms with Gasteiger partial charge in [0.2, 0.25) is 0 Å². The van der Waals surface area contributed by atoms with Crippen LogP contribution in [0.25, 0.3) is 0 Å². The molecule has 2 N–H and O–H groups in total. The molecule has 3 rings (SSSR count). The average Bonchev–Trinajstić information content (AvgIpc) is 2.78. The molecule has 1 atom stereocenters. The molecule has 0 aromatic heterocycles. The van der Waals surface area contributed by atoms with Gasteiger partial charge in [-0.15, -0.1) is 11.8 Å². The van der Waals surface area contributed by atoms with Crippen molar-refractivity contribution in [2.75, 3.05) is 16.8 Å². The molecule has 3 aromatic carbocycles. The normalized spacial score (nSPS) is 12.2. The van der Waals surface area contributed by atoms with Crippen LogP contribution < -0.4 is 5.32 Å². The van der Waals surface area contributed by atoms with Crippen LogP contribution in [0.4, 0.5) is 5.69 Å². The molecule has 0 saturated heterocycles. The highest BCUT2D eigenvalue weighted by molar-refractivity contribution is 7.99. The molecule has 1 amide bonds. The number of nitrogens with one attached hydrogen (secondary N) is 1. The Morgan fingerprint density at radius 3 is 2.16 bits per heavy atom. The summed E-state index contributed by atoms with van der Waals surface area (Å²) in [6, 6.07) is 22.1. The van der Waals surface area contributed by atoms with Gasteiger partial charge in [-0.2, -0.15) is 0 Å². The quantitative estimate of drug-likeness (QED) is 0.447. The fourth-order valence-corrected chi connectivity index (χ4v) is 5.61. The summed E-state index contributed by atoms with van der Waals surface area (Å²) in [5, 5.41) is 12.2. The third-order valence-corrected chi connectivity index (χ3v) is 7.76. The highest BCUT2D eigenvalue weighted by Crippen LogP contribution is 2.24. The van der Waals surface area contributed by atoms with Crippen molar-refractivity contribution >= 4 is 39.2 Å². The molecule has 0 radical (unpaired) electrons. The van der Waals surface area contributed by atoms with E-state index in [-0.39, 0.29) is 16.6 Å². The lowest BCUT2D eigenvalue weighted by molar-refractivity contribution is -0.140. The molecule has 3 aromatic rings. The van der Waals surface area contributed by atoms with Gasteiger partial charge in [-0.3, -0.25) is 9.59 Å². The predicted octanol–water partition coefficient (Wildman–Crippen LogP) is 4.51. The second kappa shape index (κ2) is 10.5. The lowest BCUT2D eigenvalue weighted by Crippen LogP contribution is -2.26.